The molecule has 3 heteroatoms. The van der Waals surface area contributed by atoms with Gasteiger partial charge in [-0.1, -0.05) is 72.8 Å². The molecule has 3 aromatic carbocycles. The van der Waals surface area contributed by atoms with Gasteiger partial charge in [-0.05, 0) is 53.5 Å². The van der Waals surface area contributed by atoms with Crippen molar-refractivity contribution in [2.45, 2.75) is 31.2 Å². The van der Waals surface area contributed by atoms with Gasteiger partial charge in [0, 0.05) is 19.0 Å². The van der Waals surface area contributed by atoms with Gasteiger partial charge in [-0.2, -0.15) is 0 Å². The molecular formula is C28H29NO2. The number of nitrogens with zero attached hydrogens (tertiary/aromatic N) is 1. The number of rotatable bonds is 5. The van der Waals surface area contributed by atoms with Gasteiger partial charge >= 0.3 is 0 Å². The van der Waals surface area contributed by atoms with Crippen molar-refractivity contribution in [1.82, 2.24) is 4.90 Å². The summed E-state index contributed by atoms with van der Waals surface area (Å²) in [5.74, 6) is 2.26. The molecule has 1 aliphatic carbocycles. The Bertz CT molecular complexity index is 1020. The van der Waals surface area contributed by atoms with Gasteiger partial charge in [0.1, 0.15) is 5.75 Å². The maximum atomic E-state index is 13.7. The van der Waals surface area contributed by atoms with Gasteiger partial charge < -0.3 is 9.64 Å². The second-order valence-corrected chi connectivity index (χ2v) is 8.88. The molecule has 2 fully saturated rings. The minimum Gasteiger partial charge on any atom is -0.497 e. The monoisotopic (exact) mass is 411 g/mol. The van der Waals surface area contributed by atoms with Crippen molar-refractivity contribution in [2.24, 2.45) is 11.8 Å². The van der Waals surface area contributed by atoms with E-state index < -0.39 is 0 Å². The van der Waals surface area contributed by atoms with Crippen molar-refractivity contribution in [1.29, 1.82) is 0 Å². The quantitative estimate of drug-likeness (QED) is 0.544. The van der Waals surface area contributed by atoms with Gasteiger partial charge in [-0.15, -0.1) is 0 Å². The number of hydrogen-bond acceptors (Lipinski definition) is 2. The number of ether oxygens (including phenoxy) is 1. The Kier molecular flexibility index (Phi) is 5.50. The first-order valence-corrected chi connectivity index (χ1v) is 11.3. The van der Waals surface area contributed by atoms with Crippen LogP contribution in [0, 0.1) is 11.8 Å². The fraction of sp³-hybridized carbons (Fsp3) is 0.321. The van der Waals surface area contributed by atoms with E-state index in [4.69, 9.17) is 4.74 Å². The molecule has 3 nitrogen and oxygen atoms in total. The topological polar surface area (TPSA) is 29.5 Å². The van der Waals surface area contributed by atoms with Crippen LogP contribution in [-0.4, -0.2) is 24.5 Å². The molecule has 0 radical (unpaired) electrons. The van der Waals surface area contributed by atoms with E-state index in [0.29, 0.717) is 24.3 Å². The van der Waals surface area contributed by atoms with Gasteiger partial charge in [0.2, 0.25) is 5.91 Å². The predicted octanol–water partition coefficient (Wildman–Crippen LogP) is 5.63. The molecule has 0 aromatic heterocycles. The Morgan fingerprint density at radius 1 is 0.806 bits per heavy atom. The number of fused-ring (bicyclic) bond motifs is 1. The van der Waals surface area contributed by atoms with Gasteiger partial charge in [0.05, 0.1) is 13.0 Å². The Hall–Kier alpha value is -3.07. The molecule has 158 valence electrons. The molecule has 4 atom stereocenters. The van der Waals surface area contributed by atoms with Crippen LogP contribution in [0.2, 0.25) is 0 Å². The molecule has 4 unspecified atom stereocenters. The highest BCUT2D eigenvalue weighted by atomic mass is 16.5. The zero-order valence-corrected chi connectivity index (χ0v) is 18.0. The van der Waals surface area contributed by atoms with Crippen LogP contribution in [0.4, 0.5) is 0 Å². The minimum absolute atomic E-state index is 0.0552. The SMILES string of the molecule is COc1ccc(CN2CC3CCC(c4ccccc4)C(c4ccccc4)C3C2=O)cc1. The lowest BCUT2D eigenvalue weighted by atomic mass is 9.63. The van der Waals surface area contributed by atoms with Gasteiger partial charge in [0.15, 0.2) is 0 Å². The van der Waals surface area contributed by atoms with E-state index >= 15 is 0 Å². The summed E-state index contributed by atoms with van der Waals surface area (Å²) in [5.41, 5.74) is 3.81. The van der Waals surface area contributed by atoms with E-state index in [0.717, 1.165) is 30.7 Å². The molecule has 1 amide bonds. The van der Waals surface area contributed by atoms with E-state index in [-0.39, 0.29) is 11.8 Å². The fourth-order valence-electron chi connectivity index (χ4n) is 5.72. The molecular weight excluding hydrogens is 382 g/mol. The smallest absolute Gasteiger partial charge is 0.226 e. The highest BCUT2D eigenvalue weighted by Gasteiger charge is 2.50. The Morgan fingerprint density at radius 3 is 2.10 bits per heavy atom. The van der Waals surface area contributed by atoms with E-state index in [1.54, 1.807) is 7.11 Å². The second-order valence-electron chi connectivity index (χ2n) is 8.88. The zero-order valence-electron chi connectivity index (χ0n) is 18.0. The summed E-state index contributed by atoms with van der Waals surface area (Å²) in [6.45, 7) is 1.54. The normalized spacial score (nSPS) is 25.3. The van der Waals surface area contributed by atoms with Crippen molar-refractivity contribution in [3.63, 3.8) is 0 Å². The molecule has 1 aliphatic heterocycles. The van der Waals surface area contributed by atoms with E-state index in [1.807, 2.05) is 12.1 Å². The number of hydrogen-bond donors (Lipinski definition) is 0. The zero-order chi connectivity index (χ0) is 21.2. The molecule has 0 N–H and O–H groups in total. The summed E-state index contributed by atoms with van der Waals surface area (Å²) in [4.78, 5) is 15.8. The largest absolute Gasteiger partial charge is 0.497 e. The molecule has 5 rings (SSSR count). The first-order valence-electron chi connectivity index (χ1n) is 11.3. The van der Waals surface area contributed by atoms with Gasteiger partial charge in [-0.25, -0.2) is 0 Å². The molecule has 0 bridgehead atoms. The summed E-state index contributed by atoms with van der Waals surface area (Å²) in [5, 5.41) is 0. The summed E-state index contributed by atoms with van der Waals surface area (Å²) >= 11 is 0. The first kappa shape index (κ1) is 19.9. The van der Waals surface area contributed by atoms with Gasteiger partial charge in [0.25, 0.3) is 0 Å². The summed E-state index contributed by atoms with van der Waals surface area (Å²) < 4.78 is 5.27. The molecule has 1 heterocycles. The highest BCUT2D eigenvalue weighted by Crippen LogP contribution is 2.52. The number of benzene rings is 3. The summed E-state index contributed by atoms with van der Waals surface area (Å²) in [7, 11) is 1.68. The van der Waals surface area contributed by atoms with Crippen molar-refractivity contribution in [3.05, 3.63) is 102 Å². The van der Waals surface area contributed by atoms with Crippen LogP contribution in [0.1, 0.15) is 41.4 Å². The minimum atomic E-state index is 0.0552. The van der Waals surface area contributed by atoms with E-state index in [9.17, 15) is 4.79 Å². The lowest BCUT2D eigenvalue weighted by Gasteiger charge is -2.39. The third-order valence-corrected chi connectivity index (χ3v) is 7.17. The van der Waals surface area contributed by atoms with Crippen LogP contribution in [0.15, 0.2) is 84.9 Å². The summed E-state index contributed by atoms with van der Waals surface area (Å²) in [6, 6.07) is 29.6. The molecule has 1 saturated heterocycles. The van der Waals surface area contributed by atoms with Crippen molar-refractivity contribution < 1.29 is 9.53 Å². The van der Waals surface area contributed by atoms with Crippen molar-refractivity contribution >= 4 is 5.91 Å². The number of methoxy groups -OCH3 is 1. The summed E-state index contributed by atoms with van der Waals surface area (Å²) in [6.07, 6.45) is 2.24. The van der Waals surface area contributed by atoms with Crippen molar-refractivity contribution in [2.75, 3.05) is 13.7 Å². The standard InChI is InChI=1S/C28H29NO2/c1-31-24-15-12-20(13-16-24)18-29-19-23-14-17-25(21-8-4-2-5-9-21)26(27(23)28(29)30)22-10-6-3-7-11-22/h2-13,15-16,23,25-27H,14,17-19H2,1H3. The maximum absolute atomic E-state index is 13.7. The molecule has 1 saturated carbocycles. The molecule has 3 aromatic rings. The van der Waals surface area contributed by atoms with Crippen molar-refractivity contribution in [3.8, 4) is 5.75 Å². The van der Waals surface area contributed by atoms with Crippen LogP contribution in [0.5, 0.6) is 5.75 Å². The average Bonchev–Trinajstić information content (AvgIpc) is 3.15. The number of amides is 1. The van der Waals surface area contributed by atoms with Crippen LogP contribution in [0.3, 0.4) is 0 Å². The highest BCUT2D eigenvalue weighted by molar-refractivity contribution is 5.83. The second kappa shape index (κ2) is 8.58. The van der Waals surface area contributed by atoms with Crippen LogP contribution < -0.4 is 4.74 Å². The van der Waals surface area contributed by atoms with Crippen LogP contribution >= 0.6 is 0 Å². The third-order valence-electron chi connectivity index (χ3n) is 7.17. The fourth-order valence-corrected chi connectivity index (χ4v) is 5.72. The Balaban J connectivity index is 1.45. The first-order chi connectivity index (χ1) is 15.2. The maximum Gasteiger partial charge on any atom is 0.226 e. The molecule has 2 aliphatic rings. The molecule has 31 heavy (non-hydrogen) atoms. The lowest BCUT2D eigenvalue weighted by Crippen LogP contribution is -2.34. The van der Waals surface area contributed by atoms with Crippen LogP contribution in [-0.2, 0) is 11.3 Å². The lowest BCUT2D eigenvalue weighted by molar-refractivity contribution is -0.132. The Labute approximate surface area is 184 Å². The van der Waals surface area contributed by atoms with Crippen LogP contribution in [0.25, 0.3) is 0 Å². The number of carbonyl (C=O) groups excluding carboxylic acids is 1. The van der Waals surface area contributed by atoms with Gasteiger partial charge in [-0.3, -0.25) is 4.79 Å². The number of carbonyl (C=O) groups is 1. The Morgan fingerprint density at radius 2 is 1.45 bits per heavy atom. The van der Waals surface area contributed by atoms with E-state index in [2.05, 4.69) is 77.7 Å². The number of likely N-dealkylation sites (tertiary alicyclic amines) is 1. The average molecular weight is 412 g/mol. The molecule has 0 spiro atoms. The predicted molar refractivity (Wildman–Crippen MR) is 123 cm³/mol. The third kappa shape index (κ3) is 3.85. The van der Waals surface area contributed by atoms with E-state index in [1.165, 1.54) is 11.1 Å².